The number of nitrogens with zero attached hydrogens (tertiary/aromatic N) is 1. The summed E-state index contributed by atoms with van der Waals surface area (Å²) < 4.78 is 5.79. The number of piperidine rings is 1. The molecule has 6 nitrogen and oxygen atoms in total. The minimum absolute atomic E-state index is 0.101. The van der Waals surface area contributed by atoms with Crippen LogP contribution < -0.4 is 15.4 Å². The summed E-state index contributed by atoms with van der Waals surface area (Å²) in [5.41, 5.74) is 0.686. The van der Waals surface area contributed by atoms with Crippen LogP contribution in [0.2, 0.25) is 5.02 Å². The van der Waals surface area contributed by atoms with Crippen LogP contribution in [0.3, 0.4) is 0 Å². The predicted octanol–water partition coefficient (Wildman–Crippen LogP) is 3.08. The van der Waals surface area contributed by atoms with E-state index < -0.39 is 5.60 Å². The second-order valence-corrected chi connectivity index (χ2v) is 8.86. The lowest BCUT2D eigenvalue weighted by molar-refractivity contribution is 0.00786. The van der Waals surface area contributed by atoms with Crippen LogP contribution >= 0.6 is 11.6 Å². The Bertz CT molecular complexity index is 849. The van der Waals surface area contributed by atoms with Gasteiger partial charge in [0.25, 0.3) is 5.91 Å². The molecule has 1 heterocycles. The number of carbonyl (C=O) groups excluding carboxylic acids is 1. The maximum atomic E-state index is 12.0. The number of rotatable bonds is 9. The van der Waals surface area contributed by atoms with Crippen molar-refractivity contribution in [2.24, 2.45) is 0 Å². The second kappa shape index (κ2) is 11.0. The Hall–Kier alpha value is -2.12. The van der Waals surface area contributed by atoms with Crippen LogP contribution in [-0.4, -0.2) is 60.8 Å². The minimum atomic E-state index is -1.05. The Morgan fingerprint density at radius 1 is 1.19 bits per heavy atom. The van der Waals surface area contributed by atoms with Crippen LogP contribution in [0.15, 0.2) is 48.5 Å². The summed E-state index contributed by atoms with van der Waals surface area (Å²) in [5, 5.41) is 17.6. The van der Waals surface area contributed by atoms with E-state index in [4.69, 9.17) is 16.3 Å². The summed E-state index contributed by atoms with van der Waals surface area (Å²) >= 11 is 5.96. The first kappa shape index (κ1) is 23.5. The highest BCUT2D eigenvalue weighted by Gasteiger charge is 2.26. The van der Waals surface area contributed by atoms with Crippen molar-refractivity contribution in [1.29, 1.82) is 0 Å². The zero-order valence-electron chi connectivity index (χ0n) is 18.2. The number of hydrogen-bond donors (Lipinski definition) is 3. The van der Waals surface area contributed by atoms with Crippen LogP contribution in [0, 0.1) is 0 Å². The number of amides is 1. The van der Waals surface area contributed by atoms with Crippen LogP contribution in [0.5, 0.6) is 5.75 Å². The molecule has 0 bridgehead atoms. The quantitative estimate of drug-likeness (QED) is 0.553. The molecule has 1 atom stereocenters. The van der Waals surface area contributed by atoms with Crippen molar-refractivity contribution in [2.45, 2.75) is 38.0 Å². The zero-order valence-corrected chi connectivity index (χ0v) is 19.0. The standard InChI is InChI=1S/C24H32ClN3O3/c1-24(30,17-31-22-6-4-3-5-21(22)23(29)26-2)16-27-20-11-13-28(14-12-20)15-18-7-9-19(25)10-8-18/h3-10,20,27,30H,11-17H2,1-2H3,(H,26,29). The number of likely N-dealkylation sites (tertiary alicyclic amines) is 1. The summed E-state index contributed by atoms with van der Waals surface area (Å²) in [6, 6.07) is 15.4. The summed E-state index contributed by atoms with van der Waals surface area (Å²) in [6.07, 6.45) is 2.06. The topological polar surface area (TPSA) is 73.8 Å². The fraction of sp³-hybridized carbons (Fsp3) is 0.458. The number of nitrogens with one attached hydrogen (secondary N) is 2. The second-order valence-electron chi connectivity index (χ2n) is 8.42. The number of hydrogen-bond acceptors (Lipinski definition) is 5. The Balaban J connectivity index is 1.42. The molecule has 1 unspecified atom stereocenters. The van der Waals surface area contributed by atoms with Gasteiger partial charge in [0, 0.05) is 31.2 Å². The maximum absolute atomic E-state index is 12.0. The fourth-order valence-corrected chi connectivity index (χ4v) is 3.83. The van der Waals surface area contributed by atoms with Gasteiger partial charge in [-0.3, -0.25) is 9.69 Å². The molecule has 0 aromatic heterocycles. The highest BCUT2D eigenvalue weighted by atomic mass is 35.5. The summed E-state index contributed by atoms with van der Waals surface area (Å²) in [6.45, 7) is 5.23. The van der Waals surface area contributed by atoms with Gasteiger partial charge in [-0.2, -0.15) is 0 Å². The monoisotopic (exact) mass is 445 g/mol. The molecule has 3 rings (SSSR count). The third kappa shape index (κ3) is 7.21. The lowest BCUT2D eigenvalue weighted by Crippen LogP contribution is -2.49. The highest BCUT2D eigenvalue weighted by Crippen LogP contribution is 2.20. The SMILES string of the molecule is CNC(=O)c1ccccc1OCC(C)(O)CNC1CCN(Cc2ccc(Cl)cc2)CC1. The molecule has 0 saturated carbocycles. The van der Waals surface area contributed by atoms with Crippen molar-refractivity contribution in [3.63, 3.8) is 0 Å². The predicted molar refractivity (Wildman–Crippen MR) is 124 cm³/mol. The van der Waals surface area contributed by atoms with E-state index in [1.165, 1.54) is 5.56 Å². The Kier molecular flexibility index (Phi) is 8.32. The van der Waals surface area contributed by atoms with Crippen LogP contribution in [0.25, 0.3) is 0 Å². The maximum Gasteiger partial charge on any atom is 0.254 e. The molecule has 0 aliphatic carbocycles. The Morgan fingerprint density at radius 3 is 2.55 bits per heavy atom. The number of para-hydroxylation sites is 1. The average molecular weight is 446 g/mol. The first-order chi connectivity index (χ1) is 14.9. The summed E-state index contributed by atoms with van der Waals surface area (Å²) in [7, 11) is 1.58. The molecule has 1 aliphatic heterocycles. The van der Waals surface area contributed by atoms with E-state index in [1.807, 2.05) is 18.2 Å². The van der Waals surface area contributed by atoms with Crippen molar-refractivity contribution in [2.75, 3.05) is 33.3 Å². The van der Waals surface area contributed by atoms with Gasteiger partial charge < -0.3 is 20.5 Å². The van der Waals surface area contributed by atoms with Crippen molar-refractivity contribution in [3.05, 3.63) is 64.7 Å². The van der Waals surface area contributed by atoms with E-state index in [2.05, 4.69) is 27.7 Å². The first-order valence-corrected chi connectivity index (χ1v) is 11.1. The molecule has 168 valence electrons. The van der Waals surface area contributed by atoms with E-state index in [0.29, 0.717) is 23.9 Å². The van der Waals surface area contributed by atoms with Gasteiger partial charge in [0.2, 0.25) is 0 Å². The number of ether oxygens (including phenoxy) is 1. The van der Waals surface area contributed by atoms with Crippen molar-refractivity contribution >= 4 is 17.5 Å². The lowest BCUT2D eigenvalue weighted by Gasteiger charge is -2.34. The molecular formula is C24H32ClN3O3. The number of aliphatic hydroxyl groups is 1. The molecule has 1 saturated heterocycles. The molecule has 0 radical (unpaired) electrons. The summed E-state index contributed by atoms with van der Waals surface area (Å²) in [4.78, 5) is 14.4. The summed E-state index contributed by atoms with van der Waals surface area (Å²) in [5.74, 6) is 0.261. The zero-order chi connectivity index (χ0) is 22.3. The molecule has 2 aromatic rings. The van der Waals surface area contributed by atoms with Gasteiger partial charge in [-0.05, 0) is 62.7 Å². The van der Waals surface area contributed by atoms with Gasteiger partial charge in [0.15, 0.2) is 0 Å². The number of benzene rings is 2. The van der Waals surface area contributed by atoms with Gasteiger partial charge in [0.1, 0.15) is 18.0 Å². The molecule has 1 aliphatic rings. The first-order valence-electron chi connectivity index (χ1n) is 10.7. The molecule has 3 N–H and O–H groups in total. The largest absolute Gasteiger partial charge is 0.490 e. The highest BCUT2D eigenvalue weighted by molar-refractivity contribution is 6.30. The molecule has 7 heteroatoms. The molecule has 1 fully saturated rings. The lowest BCUT2D eigenvalue weighted by atomic mass is 10.0. The average Bonchev–Trinajstić information content (AvgIpc) is 2.78. The minimum Gasteiger partial charge on any atom is -0.490 e. The third-order valence-corrected chi connectivity index (χ3v) is 5.83. The van der Waals surface area contributed by atoms with E-state index in [0.717, 1.165) is 37.5 Å². The normalized spacial score (nSPS) is 17.2. The van der Waals surface area contributed by atoms with Crippen molar-refractivity contribution in [1.82, 2.24) is 15.5 Å². The van der Waals surface area contributed by atoms with Crippen LogP contribution in [0.1, 0.15) is 35.7 Å². The molecule has 2 aromatic carbocycles. The number of halogens is 1. The Morgan fingerprint density at radius 2 is 1.87 bits per heavy atom. The van der Waals surface area contributed by atoms with Gasteiger partial charge in [0.05, 0.1) is 5.56 Å². The Labute approximate surface area is 189 Å². The number of carbonyl (C=O) groups is 1. The molecular weight excluding hydrogens is 414 g/mol. The van der Waals surface area contributed by atoms with E-state index in [9.17, 15) is 9.90 Å². The van der Waals surface area contributed by atoms with Crippen molar-refractivity contribution < 1.29 is 14.6 Å². The third-order valence-electron chi connectivity index (χ3n) is 5.58. The van der Waals surface area contributed by atoms with Crippen molar-refractivity contribution in [3.8, 4) is 5.75 Å². The molecule has 0 spiro atoms. The fourth-order valence-electron chi connectivity index (χ4n) is 3.71. The van der Waals surface area contributed by atoms with Crippen LogP contribution in [-0.2, 0) is 6.54 Å². The van der Waals surface area contributed by atoms with E-state index >= 15 is 0 Å². The van der Waals surface area contributed by atoms with Gasteiger partial charge in [-0.15, -0.1) is 0 Å². The smallest absolute Gasteiger partial charge is 0.254 e. The molecule has 31 heavy (non-hydrogen) atoms. The molecule has 1 amide bonds. The van der Waals surface area contributed by atoms with Crippen LogP contribution in [0.4, 0.5) is 0 Å². The van der Waals surface area contributed by atoms with E-state index in [-0.39, 0.29) is 12.5 Å². The van der Waals surface area contributed by atoms with Gasteiger partial charge in [-0.25, -0.2) is 0 Å². The van der Waals surface area contributed by atoms with Gasteiger partial charge >= 0.3 is 0 Å². The van der Waals surface area contributed by atoms with E-state index in [1.54, 1.807) is 32.2 Å². The van der Waals surface area contributed by atoms with Gasteiger partial charge in [-0.1, -0.05) is 35.9 Å².